The highest BCUT2D eigenvalue weighted by molar-refractivity contribution is 7.57. The van der Waals surface area contributed by atoms with Crippen LogP contribution < -0.4 is 0 Å². The second kappa shape index (κ2) is 11.4. The van der Waals surface area contributed by atoms with E-state index >= 15 is 0 Å². The minimum Gasteiger partial charge on any atom is -0.385 e. The van der Waals surface area contributed by atoms with Crippen LogP contribution in [0.15, 0.2) is 47.8 Å². The van der Waals surface area contributed by atoms with Gasteiger partial charge in [0.05, 0.1) is 19.3 Å². The van der Waals surface area contributed by atoms with Crippen molar-refractivity contribution in [3.63, 3.8) is 0 Å². The highest BCUT2D eigenvalue weighted by Gasteiger charge is 2.23. The Morgan fingerprint density at radius 2 is 1.79 bits per heavy atom. The van der Waals surface area contributed by atoms with E-state index < -0.39 is 13.7 Å². The Kier molecular flexibility index (Phi) is 9.89. The van der Waals surface area contributed by atoms with Crippen LogP contribution in [0.5, 0.6) is 0 Å². The van der Waals surface area contributed by atoms with E-state index in [1.165, 1.54) is 5.82 Å². The van der Waals surface area contributed by atoms with Crippen molar-refractivity contribution in [2.75, 3.05) is 13.2 Å². The fourth-order valence-corrected chi connectivity index (χ4v) is 3.87. The fraction of sp³-hybridized carbons (Fsp3) is 0.474. The average molecular weight is 352 g/mol. The van der Waals surface area contributed by atoms with E-state index in [1.54, 1.807) is 19.9 Å². The normalized spacial score (nSPS) is 14.2. The first-order valence-corrected chi connectivity index (χ1v) is 10.2. The number of aliphatic hydroxyl groups is 1. The topological polar surface area (TPSA) is 55.8 Å². The zero-order valence-electron chi connectivity index (χ0n) is 14.9. The molecule has 0 spiro atoms. The molecule has 0 radical (unpaired) electrons. The smallest absolute Gasteiger partial charge is 0.354 e. The molecule has 0 heterocycles. The predicted octanol–water partition coefficient (Wildman–Crippen LogP) is 5.40. The van der Waals surface area contributed by atoms with Crippen molar-refractivity contribution in [1.29, 1.82) is 0 Å². The van der Waals surface area contributed by atoms with Gasteiger partial charge in [-0.1, -0.05) is 55.8 Å². The molecule has 0 saturated carbocycles. The summed E-state index contributed by atoms with van der Waals surface area (Å²) in [7, 11) is -3.32. The molecule has 0 bridgehead atoms. The number of hydrogen-bond donors (Lipinski definition) is 1. The minimum absolute atomic E-state index is 0.296. The second-order valence-electron chi connectivity index (χ2n) is 5.40. The first-order chi connectivity index (χ1) is 11.5. The maximum absolute atomic E-state index is 12.7. The van der Waals surface area contributed by atoms with Crippen LogP contribution in [0.2, 0.25) is 0 Å². The second-order valence-corrected chi connectivity index (χ2v) is 7.25. The SMILES string of the molecule is CCCC/C(=C\P(=O)(OCC)OCC)C(O)/C=C/c1ccccc1. The highest BCUT2D eigenvalue weighted by Crippen LogP contribution is 2.51. The first kappa shape index (κ1) is 20.9. The van der Waals surface area contributed by atoms with Gasteiger partial charge in [0.1, 0.15) is 0 Å². The standard InChI is InChI=1S/C19H29O4P/c1-4-7-13-18(16-24(21,22-5-2)23-6-3)19(20)15-14-17-11-9-8-10-12-17/h8-12,14-16,19-20H,4-7,13H2,1-3H3/b15-14+,18-16+. The van der Waals surface area contributed by atoms with Crippen LogP contribution in [0.3, 0.4) is 0 Å². The highest BCUT2D eigenvalue weighted by atomic mass is 31.2. The van der Waals surface area contributed by atoms with Crippen molar-refractivity contribution < 1.29 is 18.7 Å². The van der Waals surface area contributed by atoms with Gasteiger partial charge < -0.3 is 14.2 Å². The van der Waals surface area contributed by atoms with Gasteiger partial charge in [-0.2, -0.15) is 0 Å². The lowest BCUT2D eigenvalue weighted by atomic mass is 10.0. The van der Waals surface area contributed by atoms with Gasteiger partial charge in [0.25, 0.3) is 0 Å². The van der Waals surface area contributed by atoms with Gasteiger partial charge in [-0.25, -0.2) is 0 Å². The Morgan fingerprint density at radius 3 is 2.33 bits per heavy atom. The van der Waals surface area contributed by atoms with Gasteiger partial charge >= 0.3 is 7.60 Å². The van der Waals surface area contributed by atoms with Crippen molar-refractivity contribution in [3.8, 4) is 0 Å². The van der Waals surface area contributed by atoms with E-state index in [0.717, 1.165) is 18.4 Å². The summed E-state index contributed by atoms with van der Waals surface area (Å²) in [4.78, 5) is 0. The quantitative estimate of drug-likeness (QED) is 0.542. The summed E-state index contributed by atoms with van der Waals surface area (Å²) in [5.41, 5.74) is 1.68. The summed E-state index contributed by atoms with van der Waals surface area (Å²) < 4.78 is 23.3. The van der Waals surface area contributed by atoms with Gasteiger partial charge in [0.2, 0.25) is 0 Å². The zero-order chi connectivity index (χ0) is 17.8. The summed E-state index contributed by atoms with van der Waals surface area (Å²) in [6.45, 7) is 6.22. The molecule has 0 amide bonds. The van der Waals surface area contributed by atoms with Gasteiger partial charge in [0.15, 0.2) is 0 Å². The maximum Gasteiger partial charge on any atom is 0.354 e. The van der Waals surface area contributed by atoms with Crippen LogP contribution in [-0.2, 0) is 13.6 Å². The zero-order valence-corrected chi connectivity index (χ0v) is 15.7. The lowest BCUT2D eigenvalue weighted by Crippen LogP contribution is -2.08. The maximum atomic E-state index is 12.7. The predicted molar refractivity (Wildman–Crippen MR) is 99.9 cm³/mol. The van der Waals surface area contributed by atoms with E-state index in [-0.39, 0.29) is 0 Å². The van der Waals surface area contributed by atoms with E-state index in [4.69, 9.17) is 9.05 Å². The third-order valence-electron chi connectivity index (χ3n) is 3.41. The van der Waals surface area contributed by atoms with Crippen LogP contribution in [0.4, 0.5) is 0 Å². The summed E-state index contributed by atoms with van der Waals surface area (Å²) in [5, 5.41) is 10.5. The van der Waals surface area contributed by atoms with Crippen LogP contribution >= 0.6 is 7.60 Å². The fourth-order valence-electron chi connectivity index (χ4n) is 2.23. The largest absolute Gasteiger partial charge is 0.385 e. The van der Waals surface area contributed by atoms with E-state index in [1.807, 2.05) is 36.4 Å². The molecule has 0 aliphatic rings. The lowest BCUT2D eigenvalue weighted by molar-refractivity contribution is 0.226. The van der Waals surface area contributed by atoms with E-state index in [2.05, 4.69) is 6.92 Å². The third kappa shape index (κ3) is 7.59. The lowest BCUT2D eigenvalue weighted by Gasteiger charge is -2.17. The molecule has 0 aliphatic heterocycles. The van der Waals surface area contributed by atoms with E-state index in [9.17, 15) is 9.67 Å². The van der Waals surface area contributed by atoms with Crippen LogP contribution in [0.25, 0.3) is 6.08 Å². The monoisotopic (exact) mass is 352 g/mol. The molecule has 5 heteroatoms. The first-order valence-electron chi connectivity index (χ1n) is 8.56. The Bertz CT molecular complexity index is 556. The van der Waals surface area contributed by atoms with Crippen molar-refractivity contribution in [2.24, 2.45) is 0 Å². The average Bonchev–Trinajstić information content (AvgIpc) is 2.58. The molecule has 1 aromatic carbocycles. The van der Waals surface area contributed by atoms with Gasteiger partial charge in [-0.3, -0.25) is 4.57 Å². The van der Waals surface area contributed by atoms with Crippen molar-refractivity contribution >= 4 is 13.7 Å². The Labute approximate surface area is 145 Å². The molecule has 4 nitrogen and oxygen atoms in total. The Morgan fingerprint density at radius 1 is 1.17 bits per heavy atom. The van der Waals surface area contributed by atoms with E-state index in [0.29, 0.717) is 25.2 Å². The van der Waals surface area contributed by atoms with Crippen LogP contribution in [0.1, 0.15) is 45.6 Å². The summed E-state index contributed by atoms with van der Waals surface area (Å²) in [5.74, 6) is 1.50. The Hall–Kier alpha value is -1.19. The summed E-state index contributed by atoms with van der Waals surface area (Å²) in [6.07, 6.45) is 5.29. The minimum atomic E-state index is -3.32. The molecule has 0 saturated heterocycles. The molecule has 1 atom stereocenters. The molecular weight excluding hydrogens is 323 g/mol. The Balaban J connectivity index is 2.98. The number of unbranched alkanes of at least 4 members (excludes halogenated alkanes) is 1. The number of benzene rings is 1. The molecule has 134 valence electrons. The van der Waals surface area contributed by atoms with Crippen molar-refractivity contribution in [3.05, 3.63) is 53.4 Å². The molecule has 1 aromatic rings. The van der Waals surface area contributed by atoms with Gasteiger partial charge in [-0.15, -0.1) is 0 Å². The van der Waals surface area contributed by atoms with Gasteiger partial charge in [0, 0.05) is 5.82 Å². The number of rotatable bonds is 11. The molecule has 1 rings (SSSR count). The van der Waals surface area contributed by atoms with Gasteiger partial charge in [-0.05, 0) is 37.8 Å². The molecular formula is C19H29O4P. The van der Waals surface area contributed by atoms with Crippen LogP contribution in [-0.4, -0.2) is 24.4 Å². The summed E-state index contributed by atoms with van der Waals surface area (Å²) in [6, 6.07) is 9.76. The molecule has 1 unspecified atom stereocenters. The molecule has 0 aromatic heterocycles. The molecule has 0 aliphatic carbocycles. The van der Waals surface area contributed by atoms with Crippen molar-refractivity contribution in [1.82, 2.24) is 0 Å². The van der Waals surface area contributed by atoms with Crippen molar-refractivity contribution in [2.45, 2.75) is 46.1 Å². The molecule has 1 N–H and O–H groups in total. The molecule has 0 fully saturated rings. The number of hydrogen-bond acceptors (Lipinski definition) is 4. The summed E-state index contributed by atoms with van der Waals surface area (Å²) >= 11 is 0. The number of aliphatic hydroxyl groups excluding tert-OH is 1. The molecule has 24 heavy (non-hydrogen) atoms. The third-order valence-corrected chi connectivity index (χ3v) is 5.30. The van der Waals surface area contributed by atoms with Crippen LogP contribution in [0, 0.1) is 0 Å².